The number of benzene rings is 2. The number of aliphatic hydroxyl groups excluding tert-OH is 1. The van der Waals surface area contributed by atoms with Crippen LogP contribution in [0.15, 0.2) is 36.4 Å². The van der Waals surface area contributed by atoms with E-state index in [0.29, 0.717) is 21.5 Å². The maximum absolute atomic E-state index is 10.3. The minimum atomic E-state index is -0.658. The zero-order valence-electron chi connectivity index (χ0n) is 10.3. The zero-order chi connectivity index (χ0) is 14.0. The molecule has 0 radical (unpaired) electrons. The molecule has 0 fully saturated rings. The van der Waals surface area contributed by atoms with Crippen LogP contribution in [0.5, 0.6) is 0 Å². The number of halogens is 3. The van der Waals surface area contributed by atoms with Gasteiger partial charge in [0.25, 0.3) is 0 Å². The summed E-state index contributed by atoms with van der Waals surface area (Å²) in [5.41, 5.74) is 2.62. The minimum absolute atomic E-state index is 0.403. The fourth-order valence-corrected chi connectivity index (χ4v) is 2.56. The summed E-state index contributed by atoms with van der Waals surface area (Å²) >= 11 is 18.0. The first-order valence-electron chi connectivity index (χ1n) is 5.85. The van der Waals surface area contributed by atoms with E-state index in [-0.39, 0.29) is 0 Å². The minimum Gasteiger partial charge on any atom is -0.388 e. The molecule has 2 rings (SSSR count). The second-order valence-corrected chi connectivity index (χ2v) is 5.74. The van der Waals surface area contributed by atoms with Crippen LogP contribution in [0.3, 0.4) is 0 Å². The maximum Gasteiger partial charge on any atom is 0.0833 e. The van der Waals surface area contributed by atoms with Crippen molar-refractivity contribution in [3.05, 3.63) is 68.2 Å². The Balaban J connectivity index is 2.27. The summed E-state index contributed by atoms with van der Waals surface area (Å²) in [5, 5.41) is 12.1. The van der Waals surface area contributed by atoms with Gasteiger partial charge in [0, 0.05) is 21.5 Å². The lowest BCUT2D eigenvalue weighted by molar-refractivity contribution is 0.178. The quantitative estimate of drug-likeness (QED) is 0.822. The normalized spacial score (nSPS) is 12.5. The fraction of sp³-hybridized carbons (Fsp3) is 0.200. The molecule has 1 N–H and O–H groups in total. The Kier molecular flexibility index (Phi) is 4.75. The van der Waals surface area contributed by atoms with Crippen LogP contribution in [0.25, 0.3) is 0 Å². The third-order valence-corrected chi connectivity index (χ3v) is 3.86. The van der Waals surface area contributed by atoms with E-state index < -0.39 is 6.10 Å². The molecule has 100 valence electrons. The number of hydrogen-bond acceptors (Lipinski definition) is 1. The molecule has 1 nitrogen and oxygen atoms in total. The summed E-state index contributed by atoms with van der Waals surface area (Å²) in [6, 6.07) is 10.7. The molecule has 0 spiro atoms. The Labute approximate surface area is 127 Å². The van der Waals surface area contributed by atoms with Crippen molar-refractivity contribution in [3.63, 3.8) is 0 Å². The van der Waals surface area contributed by atoms with Crippen molar-refractivity contribution in [2.75, 3.05) is 0 Å². The molecule has 2 aromatic rings. The lowest BCUT2D eigenvalue weighted by atomic mass is 9.98. The number of aliphatic hydroxyl groups is 1. The molecule has 19 heavy (non-hydrogen) atoms. The average Bonchev–Trinajstić information content (AvgIpc) is 2.36. The van der Waals surface area contributed by atoms with Gasteiger partial charge in [-0.05, 0) is 53.9 Å². The van der Waals surface area contributed by atoms with E-state index >= 15 is 0 Å². The van der Waals surface area contributed by atoms with E-state index in [1.807, 2.05) is 13.0 Å². The fourth-order valence-electron chi connectivity index (χ4n) is 1.99. The molecule has 0 aromatic heterocycles. The summed E-state index contributed by atoms with van der Waals surface area (Å²) in [6.07, 6.45) is -0.254. The van der Waals surface area contributed by atoms with E-state index in [9.17, 15) is 5.11 Å². The summed E-state index contributed by atoms with van der Waals surface area (Å²) in [6.45, 7) is 1.94. The summed E-state index contributed by atoms with van der Waals surface area (Å²) in [4.78, 5) is 0. The van der Waals surface area contributed by atoms with Crippen molar-refractivity contribution in [2.45, 2.75) is 19.4 Å². The predicted octanol–water partition coefficient (Wildman–Crippen LogP) is 5.23. The van der Waals surface area contributed by atoms with Crippen LogP contribution in [0.2, 0.25) is 15.1 Å². The van der Waals surface area contributed by atoms with Crippen LogP contribution in [-0.4, -0.2) is 5.11 Å². The molecular formula is C15H13Cl3O. The summed E-state index contributed by atoms with van der Waals surface area (Å²) < 4.78 is 0. The van der Waals surface area contributed by atoms with Gasteiger partial charge in [-0.25, -0.2) is 0 Å². The van der Waals surface area contributed by atoms with Crippen LogP contribution < -0.4 is 0 Å². The van der Waals surface area contributed by atoms with Gasteiger partial charge in [-0.2, -0.15) is 0 Å². The molecule has 0 amide bonds. The summed E-state index contributed by atoms with van der Waals surface area (Å²) in [7, 11) is 0. The highest BCUT2D eigenvalue weighted by Gasteiger charge is 2.14. The molecule has 0 aliphatic carbocycles. The third-order valence-electron chi connectivity index (χ3n) is 3.02. The van der Waals surface area contributed by atoms with Gasteiger partial charge in [-0.3, -0.25) is 0 Å². The van der Waals surface area contributed by atoms with E-state index in [1.165, 1.54) is 0 Å². The Morgan fingerprint density at radius 2 is 1.63 bits per heavy atom. The van der Waals surface area contributed by atoms with Gasteiger partial charge in [-0.15, -0.1) is 0 Å². The molecule has 2 aromatic carbocycles. The SMILES string of the molecule is Cc1ccc(Cl)cc1C(O)Cc1cc(Cl)ccc1Cl. The highest BCUT2D eigenvalue weighted by Crippen LogP contribution is 2.28. The lowest BCUT2D eigenvalue weighted by Crippen LogP contribution is -2.04. The van der Waals surface area contributed by atoms with Gasteiger partial charge >= 0.3 is 0 Å². The first kappa shape index (κ1) is 14.7. The van der Waals surface area contributed by atoms with E-state index in [2.05, 4.69) is 0 Å². The largest absolute Gasteiger partial charge is 0.388 e. The van der Waals surface area contributed by atoms with Gasteiger partial charge in [0.15, 0.2) is 0 Å². The first-order chi connectivity index (χ1) is 8.97. The van der Waals surface area contributed by atoms with Crippen LogP contribution >= 0.6 is 34.8 Å². The molecule has 0 saturated heterocycles. The van der Waals surface area contributed by atoms with Crippen LogP contribution in [0.1, 0.15) is 22.8 Å². The van der Waals surface area contributed by atoms with Crippen LogP contribution in [-0.2, 0) is 6.42 Å². The van der Waals surface area contributed by atoms with Gasteiger partial charge in [0.05, 0.1) is 6.10 Å². The Hall–Kier alpha value is -0.730. The van der Waals surface area contributed by atoms with Crippen molar-refractivity contribution in [1.82, 2.24) is 0 Å². The first-order valence-corrected chi connectivity index (χ1v) is 6.99. The molecular weight excluding hydrogens is 303 g/mol. The molecule has 0 saturated carbocycles. The van der Waals surface area contributed by atoms with Gasteiger partial charge < -0.3 is 5.11 Å². The maximum atomic E-state index is 10.3. The highest BCUT2D eigenvalue weighted by atomic mass is 35.5. The Morgan fingerprint density at radius 1 is 1.00 bits per heavy atom. The second-order valence-electron chi connectivity index (χ2n) is 4.46. The van der Waals surface area contributed by atoms with Crippen molar-refractivity contribution < 1.29 is 5.11 Å². The topological polar surface area (TPSA) is 20.2 Å². The van der Waals surface area contributed by atoms with Crippen molar-refractivity contribution in [2.24, 2.45) is 0 Å². The lowest BCUT2D eigenvalue weighted by Gasteiger charge is -2.15. The van der Waals surface area contributed by atoms with Gasteiger partial charge in [0.2, 0.25) is 0 Å². The van der Waals surface area contributed by atoms with Crippen LogP contribution in [0, 0.1) is 6.92 Å². The van der Waals surface area contributed by atoms with Crippen molar-refractivity contribution in [1.29, 1.82) is 0 Å². The standard InChI is InChI=1S/C15H13Cl3O/c1-9-2-3-12(17)8-13(9)15(19)7-10-6-11(16)4-5-14(10)18/h2-6,8,15,19H,7H2,1H3. The zero-order valence-corrected chi connectivity index (χ0v) is 12.6. The molecule has 0 heterocycles. The van der Waals surface area contributed by atoms with E-state index in [1.54, 1.807) is 30.3 Å². The number of rotatable bonds is 3. The predicted molar refractivity (Wildman–Crippen MR) is 81.3 cm³/mol. The van der Waals surface area contributed by atoms with Crippen molar-refractivity contribution >= 4 is 34.8 Å². The second kappa shape index (κ2) is 6.15. The molecule has 4 heteroatoms. The molecule has 1 atom stereocenters. The molecule has 0 aliphatic rings. The highest BCUT2D eigenvalue weighted by molar-refractivity contribution is 6.33. The molecule has 1 unspecified atom stereocenters. The number of hydrogen-bond donors (Lipinski definition) is 1. The van der Waals surface area contributed by atoms with Crippen molar-refractivity contribution in [3.8, 4) is 0 Å². The van der Waals surface area contributed by atoms with E-state index in [4.69, 9.17) is 34.8 Å². The van der Waals surface area contributed by atoms with Crippen LogP contribution in [0.4, 0.5) is 0 Å². The molecule has 0 bridgehead atoms. The summed E-state index contributed by atoms with van der Waals surface area (Å²) in [5.74, 6) is 0. The Bertz CT molecular complexity index is 596. The average molecular weight is 316 g/mol. The third kappa shape index (κ3) is 3.64. The van der Waals surface area contributed by atoms with Gasteiger partial charge in [-0.1, -0.05) is 40.9 Å². The monoisotopic (exact) mass is 314 g/mol. The Morgan fingerprint density at radius 3 is 2.37 bits per heavy atom. The number of aryl methyl sites for hydroxylation is 1. The smallest absolute Gasteiger partial charge is 0.0833 e. The van der Waals surface area contributed by atoms with Gasteiger partial charge in [0.1, 0.15) is 0 Å². The van der Waals surface area contributed by atoms with E-state index in [0.717, 1.165) is 16.7 Å². The molecule has 0 aliphatic heterocycles.